The van der Waals surface area contributed by atoms with Crippen molar-refractivity contribution >= 4 is 16.8 Å². The fraction of sp³-hybridized carbons (Fsp3) is 0.250. The second-order valence-electron chi connectivity index (χ2n) is 2.70. The van der Waals surface area contributed by atoms with Crippen molar-refractivity contribution in [3.05, 3.63) is 29.1 Å². The van der Waals surface area contributed by atoms with Crippen molar-refractivity contribution in [1.82, 2.24) is 4.98 Å². The van der Waals surface area contributed by atoms with Gasteiger partial charge in [-0.15, -0.1) is 0 Å². The summed E-state index contributed by atoms with van der Waals surface area (Å²) in [5.41, 5.74) is -3.73. The fourth-order valence-corrected chi connectivity index (χ4v) is 1.10. The lowest BCUT2D eigenvalue weighted by Crippen LogP contribution is -2.13. The number of alkyl halides is 5. The van der Waals surface area contributed by atoms with E-state index in [1.54, 1.807) is 0 Å². The number of carbonyl (C=O) groups excluding carboxylic acids is 1. The van der Waals surface area contributed by atoms with Gasteiger partial charge >= 0.3 is 6.18 Å². The molecule has 88 valence electrons. The molecule has 0 spiro atoms. The van der Waals surface area contributed by atoms with Crippen LogP contribution in [-0.2, 0) is 6.18 Å². The molecule has 1 aromatic heterocycles. The summed E-state index contributed by atoms with van der Waals surface area (Å²) in [4.78, 5) is 13.4. The molecule has 0 N–H and O–H groups in total. The molecule has 0 saturated carbocycles. The number of aromatic nitrogens is 1. The smallest absolute Gasteiger partial charge is 0.274 e. The summed E-state index contributed by atoms with van der Waals surface area (Å²) in [6.07, 6.45) is -8.39. The van der Waals surface area contributed by atoms with E-state index in [0.717, 1.165) is 0 Å². The summed E-state index contributed by atoms with van der Waals surface area (Å²) >= 11 is 4.92. The molecule has 0 aliphatic carbocycles. The molecular weight excluding hydrogens is 257 g/mol. The van der Waals surface area contributed by atoms with Crippen LogP contribution in [0.2, 0.25) is 0 Å². The van der Waals surface area contributed by atoms with E-state index in [-0.39, 0.29) is 0 Å². The average Bonchev–Trinajstić information content (AvgIpc) is 2.15. The van der Waals surface area contributed by atoms with Crippen molar-refractivity contribution in [1.29, 1.82) is 0 Å². The number of pyridine rings is 1. The van der Waals surface area contributed by atoms with Crippen molar-refractivity contribution in [2.75, 3.05) is 0 Å². The summed E-state index contributed by atoms with van der Waals surface area (Å²) in [6, 6.07) is 0.994. The zero-order chi connectivity index (χ0) is 12.5. The first-order valence-corrected chi connectivity index (χ1v) is 4.17. The molecule has 0 aliphatic heterocycles. The quantitative estimate of drug-likeness (QED) is 0.602. The summed E-state index contributed by atoms with van der Waals surface area (Å²) in [7, 11) is 0. The Balaban J connectivity index is 3.37. The minimum absolute atomic E-state index is 0.351. The van der Waals surface area contributed by atoms with E-state index in [4.69, 9.17) is 11.6 Å². The van der Waals surface area contributed by atoms with Gasteiger partial charge < -0.3 is 0 Å². The van der Waals surface area contributed by atoms with Gasteiger partial charge in [0.1, 0.15) is 11.4 Å². The third kappa shape index (κ3) is 2.66. The molecule has 1 heterocycles. The number of halogens is 6. The van der Waals surface area contributed by atoms with Crippen LogP contribution in [0.15, 0.2) is 12.1 Å². The first-order valence-electron chi connectivity index (χ1n) is 3.79. The standard InChI is InChI=1S/C8H3ClF5NO/c9-6(16)4-2-1-3(8(12,13)14)5(15-4)7(10)11/h1-2,7H. The number of nitrogens with zero attached hydrogens (tertiary/aromatic N) is 1. The van der Waals surface area contributed by atoms with Crippen molar-refractivity contribution in [3.8, 4) is 0 Å². The van der Waals surface area contributed by atoms with Crippen LogP contribution in [-0.4, -0.2) is 10.2 Å². The van der Waals surface area contributed by atoms with Gasteiger partial charge in [-0.1, -0.05) is 0 Å². The van der Waals surface area contributed by atoms with Crippen molar-refractivity contribution in [3.63, 3.8) is 0 Å². The lowest BCUT2D eigenvalue weighted by molar-refractivity contribution is -0.139. The van der Waals surface area contributed by atoms with Crippen molar-refractivity contribution < 1.29 is 26.7 Å². The fourth-order valence-electron chi connectivity index (χ4n) is 0.990. The van der Waals surface area contributed by atoms with Gasteiger partial charge in [0.15, 0.2) is 0 Å². The largest absolute Gasteiger partial charge is 0.418 e. The van der Waals surface area contributed by atoms with E-state index in [2.05, 4.69) is 4.98 Å². The molecule has 0 amide bonds. The topological polar surface area (TPSA) is 30.0 Å². The molecule has 0 radical (unpaired) electrons. The predicted octanol–water partition coefficient (Wildman–Crippen LogP) is 3.42. The van der Waals surface area contributed by atoms with Gasteiger partial charge in [-0.2, -0.15) is 13.2 Å². The maximum atomic E-state index is 12.3. The Hall–Kier alpha value is -1.24. The molecule has 8 heteroatoms. The molecule has 0 atom stereocenters. The van der Waals surface area contributed by atoms with Gasteiger partial charge in [0.05, 0.1) is 5.56 Å². The maximum Gasteiger partial charge on any atom is 0.418 e. The van der Waals surface area contributed by atoms with E-state index in [9.17, 15) is 26.7 Å². The highest BCUT2D eigenvalue weighted by Crippen LogP contribution is 2.35. The van der Waals surface area contributed by atoms with Crippen LogP contribution in [0.3, 0.4) is 0 Å². The van der Waals surface area contributed by atoms with E-state index < -0.39 is 34.8 Å². The third-order valence-corrected chi connectivity index (χ3v) is 1.83. The molecule has 0 bridgehead atoms. The zero-order valence-electron chi connectivity index (χ0n) is 7.36. The monoisotopic (exact) mass is 259 g/mol. The highest BCUT2D eigenvalue weighted by molar-refractivity contribution is 6.67. The number of hydrogen-bond acceptors (Lipinski definition) is 2. The summed E-state index contributed by atoms with van der Waals surface area (Å²) < 4.78 is 61.3. The SMILES string of the molecule is O=C(Cl)c1ccc(C(F)(F)F)c(C(F)F)n1. The van der Waals surface area contributed by atoms with Crippen LogP contribution >= 0.6 is 11.6 Å². The summed E-state index contributed by atoms with van der Waals surface area (Å²) in [6.45, 7) is 0. The average molecular weight is 260 g/mol. The van der Waals surface area contributed by atoms with Crippen LogP contribution < -0.4 is 0 Å². The Labute approximate surface area is 91.0 Å². The van der Waals surface area contributed by atoms with Crippen LogP contribution in [0.25, 0.3) is 0 Å². The molecule has 0 fully saturated rings. The molecule has 1 aromatic rings. The third-order valence-electron chi connectivity index (χ3n) is 1.64. The molecular formula is C8H3ClF5NO. The van der Waals surface area contributed by atoms with E-state index >= 15 is 0 Å². The number of hydrogen-bond donors (Lipinski definition) is 0. The molecule has 2 nitrogen and oxygen atoms in total. The Kier molecular flexibility index (Phi) is 3.47. The Morgan fingerprint density at radius 1 is 1.31 bits per heavy atom. The van der Waals surface area contributed by atoms with E-state index in [1.165, 1.54) is 0 Å². The van der Waals surface area contributed by atoms with Gasteiger partial charge in [-0.05, 0) is 23.7 Å². The van der Waals surface area contributed by atoms with Gasteiger partial charge in [-0.25, -0.2) is 13.8 Å². The first kappa shape index (κ1) is 12.8. The number of carbonyl (C=O) groups is 1. The van der Waals surface area contributed by atoms with Gasteiger partial charge in [0, 0.05) is 0 Å². The van der Waals surface area contributed by atoms with Gasteiger partial charge in [0.2, 0.25) is 0 Å². The molecule has 0 saturated heterocycles. The summed E-state index contributed by atoms with van der Waals surface area (Å²) in [5, 5.41) is -1.20. The van der Waals surface area contributed by atoms with E-state index in [1.807, 2.05) is 0 Å². The van der Waals surface area contributed by atoms with Crippen molar-refractivity contribution in [2.45, 2.75) is 12.6 Å². The second-order valence-corrected chi connectivity index (χ2v) is 3.04. The van der Waals surface area contributed by atoms with Crippen LogP contribution in [0.1, 0.15) is 28.2 Å². The zero-order valence-corrected chi connectivity index (χ0v) is 8.11. The first-order chi connectivity index (χ1) is 7.23. The highest BCUT2D eigenvalue weighted by Gasteiger charge is 2.37. The Bertz CT molecular complexity index is 417. The van der Waals surface area contributed by atoms with Gasteiger partial charge in [0.25, 0.3) is 11.7 Å². The van der Waals surface area contributed by atoms with Crippen LogP contribution in [0, 0.1) is 0 Å². The summed E-state index contributed by atoms with van der Waals surface area (Å²) in [5.74, 6) is 0. The lowest BCUT2D eigenvalue weighted by atomic mass is 10.1. The van der Waals surface area contributed by atoms with Gasteiger partial charge in [-0.3, -0.25) is 4.79 Å². The Morgan fingerprint density at radius 3 is 2.25 bits per heavy atom. The molecule has 0 aromatic carbocycles. The Morgan fingerprint density at radius 2 is 1.88 bits per heavy atom. The predicted molar refractivity (Wildman–Crippen MR) is 44.4 cm³/mol. The highest BCUT2D eigenvalue weighted by atomic mass is 35.5. The maximum absolute atomic E-state index is 12.3. The van der Waals surface area contributed by atoms with Crippen LogP contribution in [0.5, 0.6) is 0 Å². The molecule has 0 unspecified atom stereocenters. The second kappa shape index (κ2) is 4.32. The van der Waals surface area contributed by atoms with Crippen LogP contribution in [0.4, 0.5) is 22.0 Å². The molecule has 0 aliphatic rings. The normalized spacial score (nSPS) is 11.9. The number of rotatable bonds is 2. The molecule has 16 heavy (non-hydrogen) atoms. The van der Waals surface area contributed by atoms with Crippen molar-refractivity contribution in [2.24, 2.45) is 0 Å². The molecule has 1 rings (SSSR count). The minimum Gasteiger partial charge on any atom is -0.274 e. The lowest BCUT2D eigenvalue weighted by Gasteiger charge is -2.11. The minimum atomic E-state index is -4.95. The van der Waals surface area contributed by atoms with E-state index in [0.29, 0.717) is 12.1 Å².